The Kier molecular flexibility index (Phi) is 5.10. The normalized spacial score (nSPS) is 12.7. The van der Waals surface area contributed by atoms with Gasteiger partial charge in [-0.1, -0.05) is 32.9 Å². The van der Waals surface area contributed by atoms with Crippen LogP contribution >= 0.6 is 0 Å². The van der Waals surface area contributed by atoms with Gasteiger partial charge < -0.3 is 5.32 Å². The van der Waals surface area contributed by atoms with E-state index in [0.29, 0.717) is 11.8 Å². The second-order valence-electron chi connectivity index (χ2n) is 4.78. The molecule has 0 spiro atoms. The molecule has 0 aliphatic carbocycles. The van der Waals surface area contributed by atoms with Crippen LogP contribution in [0.25, 0.3) is 0 Å². The molecule has 4 heteroatoms. The lowest BCUT2D eigenvalue weighted by Crippen LogP contribution is -2.23. The van der Waals surface area contributed by atoms with Crippen LogP contribution in [0.1, 0.15) is 26.3 Å². The van der Waals surface area contributed by atoms with Crippen molar-refractivity contribution >= 4 is 5.69 Å². The second kappa shape index (κ2) is 6.35. The number of nitrogens with zero attached hydrogens (tertiary/aromatic N) is 1. The lowest BCUT2D eigenvalue weighted by Gasteiger charge is -2.16. The summed E-state index contributed by atoms with van der Waals surface area (Å²) in [5.41, 5.74) is 1.22. The van der Waals surface area contributed by atoms with Crippen LogP contribution in [0.2, 0.25) is 0 Å². The highest BCUT2D eigenvalue weighted by Gasteiger charge is 2.07. The molecule has 1 unspecified atom stereocenters. The standard InChI is InChI=1S/C13H20N2O2/c1-10(2)11(3)8-14-9-12-4-6-13(7-5-12)15(16)17/h4-7,10-11,14H,8-9H2,1-3H3. The molecular formula is C13H20N2O2. The molecule has 94 valence electrons. The zero-order valence-electron chi connectivity index (χ0n) is 10.6. The summed E-state index contributed by atoms with van der Waals surface area (Å²) >= 11 is 0. The monoisotopic (exact) mass is 236 g/mol. The average molecular weight is 236 g/mol. The van der Waals surface area contributed by atoms with E-state index >= 15 is 0 Å². The van der Waals surface area contributed by atoms with Crippen molar-refractivity contribution in [3.05, 3.63) is 39.9 Å². The fraction of sp³-hybridized carbons (Fsp3) is 0.538. The third-order valence-electron chi connectivity index (χ3n) is 3.08. The number of rotatable bonds is 6. The number of nitro groups is 1. The minimum atomic E-state index is -0.377. The maximum absolute atomic E-state index is 10.5. The van der Waals surface area contributed by atoms with Crippen LogP contribution in [0.4, 0.5) is 5.69 Å². The predicted octanol–water partition coefficient (Wildman–Crippen LogP) is 2.98. The van der Waals surface area contributed by atoms with Crippen LogP contribution in [-0.4, -0.2) is 11.5 Å². The van der Waals surface area contributed by atoms with Gasteiger partial charge in [-0.3, -0.25) is 10.1 Å². The van der Waals surface area contributed by atoms with Gasteiger partial charge in [-0.15, -0.1) is 0 Å². The summed E-state index contributed by atoms with van der Waals surface area (Å²) in [4.78, 5) is 10.1. The van der Waals surface area contributed by atoms with Crippen LogP contribution in [0, 0.1) is 22.0 Å². The highest BCUT2D eigenvalue weighted by atomic mass is 16.6. The van der Waals surface area contributed by atoms with E-state index in [1.54, 1.807) is 24.3 Å². The Morgan fingerprint density at radius 2 is 1.82 bits per heavy atom. The molecule has 0 aliphatic rings. The highest BCUT2D eigenvalue weighted by molar-refractivity contribution is 5.32. The first-order valence-corrected chi connectivity index (χ1v) is 5.94. The Labute approximate surface area is 102 Å². The first kappa shape index (κ1) is 13.6. The quantitative estimate of drug-likeness (QED) is 0.610. The zero-order valence-corrected chi connectivity index (χ0v) is 10.6. The molecule has 0 saturated carbocycles. The minimum Gasteiger partial charge on any atom is -0.312 e. The van der Waals surface area contributed by atoms with Crippen LogP contribution in [0.15, 0.2) is 24.3 Å². The van der Waals surface area contributed by atoms with Gasteiger partial charge in [-0.25, -0.2) is 0 Å². The third-order valence-corrected chi connectivity index (χ3v) is 3.08. The molecule has 0 aromatic heterocycles. The van der Waals surface area contributed by atoms with Gasteiger partial charge in [0.1, 0.15) is 0 Å². The second-order valence-corrected chi connectivity index (χ2v) is 4.78. The topological polar surface area (TPSA) is 55.2 Å². The van der Waals surface area contributed by atoms with Crippen LogP contribution in [0.3, 0.4) is 0 Å². The van der Waals surface area contributed by atoms with Crippen molar-refractivity contribution in [3.63, 3.8) is 0 Å². The Morgan fingerprint density at radius 1 is 1.24 bits per heavy atom. The SMILES string of the molecule is CC(C)C(C)CNCc1ccc([N+](=O)[O-])cc1. The van der Waals surface area contributed by atoms with Crippen molar-refractivity contribution in [2.24, 2.45) is 11.8 Å². The number of hydrogen-bond donors (Lipinski definition) is 1. The van der Waals surface area contributed by atoms with Gasteiger partial charge in [-0.05, 0) is 23.9 Å². The molecule has 4 nitrogen and oxygen atoms in total. The molecule has 1 rings (SSSR count). The Morgan fingerprint density at radius 3 is 2.29 bits per heavy atom. The molecule has 1 aromatic rings. The summed E-state index contributed by atoms with van der Waals surface area (Å²) in [7, 11) is 0. The Hall–Kier alpha value is -1.42. The molecule has 0 bridgehead atoms. The summed E-state index contributed by atoms with van der Waals surface area (Å²) in [6.45, 7) is 8.35. The summed E-state index contributed by atoms with van der Waals surface area (Å²) in [6, 6.07) is 6.68. The highest BCUT2D eigenvalue weighted by Crippen LogP contribution is 2.12. The maximum Gasteiger partial charge on any atom is 0.269 e. The van der Waals surface area contributed by atoms with Gasteiger partial charge in [0.15, 0.2) is 0 Å². The van der Waals surface area contributed by atoms with Crippen molar-refractivity contribution in [2.45, 2.75) is 27.3 Å². The first-order chi connectivity index (χ1) is 8.00. The Balaban J connectivity index is 2.40. The van der Waals surface area contributed by atoms with Gasteiger partial charge >= 0.3 is 0 Å². The zero-order chi connectivity index (χ0) is 12.8. The number of non-ortho nitro benzene ring substituents is 1. The lowest BCUT2D eigenvalue weighted by molar-refractivity contribution is -0.384. The van der Waals surface area contributed by atoms with E-state index in [9.17, 15) is 10.1 Å². The summed E-state index contributed by atoms with van der Waals surface area (Å²) in [5.74, 6) is 1.30. The summed E-state index contributed by atoms with van der Waals surface area (Å²) in [6.07, 6.45) is 0. The molecule has 17 heavy (non-hydrogen) atoms. The first-order valence-electron chi connectivity index (χ1n) is 5.94. The summed E-state index contributed by atoms with van der Waals surface area (Å²) < 4.78 is 0. The van der Waals surface area contributed by atoms with Gasteiger partial charge in [0.25, 0.3) is 5.69 Å². The molecule has 0 aliphatic heterocycles. The number of nitrogens with one attached hydrogen (secondary N) is 1. The van der Waals surface area contributed by atoms with Crippen molar-refractivity contribution in [2.75, 3.05) is 6.54 Å². The lowest BCUT2D eigenvalue weighted by atomic mass is 9.98. The molecule has 0 amide bonds. The molecule has 1 atom stereocenters. The molecule has 0 fully saturated rings. The Bertz CT molecular complexity index is 360. The van der Waals surface area contributed by atoms with Crippen LogP contribution in [-0.2, 0) is 6.54 Å². The largest absolute Gasteiger partial charge is 0.312 e. The predicted molar refractivity (Wildman–Crippen MR) is 68.8 cm³/mol. The van der Waals surface area contributed by atoms with Crippen molar-refractivity contribution in [1.82, 2.24) is 5.32 Å². The van der Waals surface area contributed by atoms with E-state index in [1.165, 1.54) is 0 Å². The molecule has 0 heterocycles. The van der Waals surface area contributed by atoms with Gasteiger partial charge in [0.05, 0.1) is 4.92 Å². The van der Waals surface area contributed by atoms with E-state index in [-0.39, 0.29) is 10.6 Å². The van der Waals surface area contributed by atoms with E-state index in [4.69, 9.17) is 0 Å². The number of benzene rings is 1. The number of nitro benzene ring substituents is 1. The molecule has 0 radical (unpaired) electrons. The van der Waals surface area contributed by atoms with Crippen LogP contribution in [0.5, 0.6) is 0 Å². The maximum atomic E-state index is 10.5. The van der Waals surface area contributed by atoms with Gasteiger partial charge in [0, 0.05) is 18.7 Å². The van der Waals surface area contributed by atoms with E-state index in [0.717, 1.165) is 18.7 Å². The van der Waals surface area contributed by atoms with Crippen molar-refractivity contribution in [1.29, 1.82) is 0 Å². The molecule has 1 N–H and O–H groups in total. The van der Waals surface area contributed by atoms with E-state index in [1.807, 2.05) is 0 Å². The molecular weight excluding hydrogens is 216 g/mol. The van der Waals surface area contributed by atoms with Gasteiger partial charge in [0.2, 0.25) is 0 Å². The fourth-order valence-electron chi connectivity index (χ4n) is 1.42. The van der Waals surface area contributed by atoms with E-state index in [2.05, 4.69) is 26.1 Å². The van der Waals surface area contributed by atoms with E-state index < -0.39 is 0 Å². The van der Waals surface area contributed by atoms with Crippen LogP contribution < -0.4 is 5.32 Å². The molecule has 0 saturated heterocycles. The smallest absolute Gasteiger partial charge is 0.269 e. The average Bonchev–Trinajstić information content (AvgIpc) is 2.29. The summed E-state index contributed by atoms with van der Waals surface area (Å²) in [5, 5.41) is 13.8. The van der Waals surface area contributed by atoms with Gasteiger partial charge in [-0.2, -0.15) is 0 Å². The third kappa shape index (κ3) is 4.53. The van der Waals surface area contributed by atoms with Crippen molar-refractivity contribution < 1.29 is 4.92 Å². The molecule has 1 aromatic carbocycles. The van der Waals surface area contributed by atoms with Crippen molar-refractivity contribution in [3.8, 4) is 0 Å². The fourth-order valence-corrected chi connectivity index (χ4v) is 1.42. The minimum absolute atomic E-state index is 0.143. The number of hydrogen-bond acceptors (Lipinski definition) is 3.